The molecule has 1 N–H and O–H groups in total. The molecule has 3 aromatic rings. The van der Waals surface area contributed by atoms with Gasteiger partial charge in [-0.2, -0.15) is 0 Å². The van der Waals surface area contributed by atoms with Crippen molar-refractivity contribution in [2.45, 2.75) is 5.03 Å². The summed E-state index contributed by atoms with van der Waals surface area (Å²) >= 11 is 14.7. The third kappa shape index (κ3) is 3.20. The van der Waals surface area contributed by atoms with Crippen molar-refractivity contribution in [3.8, 4) is 10.4 Å². The zero-order valence-electron chi connectivity index (χ0n) is 10.9. The summed E-state index contributed by atoms with van der Waals surface area (Å²) < 4.78 is 0. The minimum atomic E-state index is -0.878. The molecule has 0 aliphatic carbocycles. The van der Waals surface area contributed by atoms with Crippen LogP contribution in [0.2, 0.25) is 10.0 Å². The molecular weight excluding hydrogens is 363 g/mol. The number of thioether (sulfide) groups is 1. The minimum Gasteiger partial charge on any atom is -0.481 e. The van der Waals surface area contributed by atoms with Crippen LogP contribution in [-0.2, 0) is 4.79 Å². The SMILES string of the molecule is O=C(O)CSc1ncnc2sc(-c3ccc(Cl)c(Cl)c3)cc12. The molecule has 4 nitrogen and oxygen atoms in total. The average Bonchev–Trinajstić information content (AvgIpc) is 2.92. The lowest BCUT2D eigenvalue weighted by atomic mass is 10.2. The first-order valence-corrected chi connectivity index (χ1v) is 8.65. The van der Waals surface area contributed by atoms with E-state index in [1.54, 1.807) is 12.1 Å². The van der Waals surface area contributed by atoms with E-state index in [1.807, 2.05) is 12.1 Å². The molecule has 0 atom stereocenters. The Morgan fingerprint density at radius 1 is 1.23 bits per heavy atom. The number of rotatable bonds is 4. The molecule has 112 valence electrons. The van der Waals surface area contributed by atoms with Crippen molar-refractivity contribution in [3.05, 3.63) is 40.6 Å². The predicted octanol–water partition coefficient (Wildman–Crippen LogP) is 4.84. The van der Waals surface area contributed by atoms with Gasteiger partial charge in [0, 0.05) is 10.3 Å². The van der Waals surface area contributed by atoms with Gasteiger partial charge in [-0.15, -0.1) is 11.3 Å². The molecule has 0 spiro atoms. The van der Waals surface area contributed by atoms with Gasteiger partial charge in [-0.25, -0.2) is 9.97 Å². The van der Waals surface area contributed by atoms with E-state index in [-0.39, 0.29) is 5.75 Å². The number of aromatic nitrogens is 2. The average molecular weight is 371 g/mol. The van der Waals surface area contributed by atoms with Gasteiger partial charge in [-0.1, -0.05) is 41.0 Å². The van der Waals surface area contributed by atoms with Crippen LogP contribution in [0.15, 0.2) is 35.6 Å². The van der Waals surface area contributed by atoms with Crippen LogP contribution in [0.25, 0.3) is 20.7 Å². The zero-order chi connectivity index (χ0) is 15.7. The van der Waals surface area contributed by atoms with Crippen molar-refractivity contribution < 1.29 is 9.90 Å². The standard InChI is InChI=1S/C14H8Cl2N2O2S2/c15-9-2-1-7(3-10(9)16)11-4-8-13(21-5-12(19)20)17-6-18-14(8)22-11/h1-4,6H,5H2,(H,19,20). The fourth-order valence-corrected chi connectivity index (χ4v) is 3.92. The molecule has 0 bridgehead atoms. The van der Waals surface area contributed by atoms with Crippen molar-refractivity contribution in [3.63, 3.8) is 0 Å². The number of carboxylic acid groups (broad SMARTS) is 1. The predicted molar refractivity (Wildman–Crippen MR) is 91.2 cm³/mol. The number of fused-ring (bicyclic) bond motifs is 1. The normalized spacial score (nSPS) is 11.0. The lowest BCUT2D eigenvalue weighted by Gasteiger charge is -1.99. The van der Waals surface area contributed by atoms with Gasteiger partial charge in [-0.3, -0.25) is 4.79 Å². The fraction of sp³-hybridized carbons (Fsp3) is 0.0714. The molecule has 1 aromatic carbocycles. The first-order chi connectivity index (χ1) is 10.5. The van der Waals surface area contributed by atoms with Crippen LogP contribution in [0.3, 0.4) is 0 Å². The molecule has 2 aromatic heterocycles. The van der Waals surface area contributed by atoms with E-state index in [2.05, 4.69) is 9.97 Å². The molecule has 22 heavy (non-hydrogen) atoms. The van der Waals surface area contributed by atoms with Crippen molar-refractivity contribution in [1.82, 2.24) is 9.97 Å². The van der Waals surface area contributed by atoms with E-state index in [0.717, 1.165) is 20.7 Å². The minimum absolute atomic E-state index is 0.0376. The summed E-state index contributed by atoms with van der Waals surface area (Å²) in [5.41, 5.74) is 0.937. The summed E-state index contributed by atoms with van der Waals surface area (Å²) in [5.74, 6) is -0.916. The summed E-state index contributed by atoms with van der Waals surface area (Å²) in [6, 6.07) is 7.38. The number of halogens is 2. The number of thiophene rings is 1. The number of hydrogen-bond acceptors (Lipinski definition) is 5. The first kappa shape index (κ1) is 15.6. The maximum atomic E-state index is 10.7. The molecular formula is C14H8Cl2N2O2S2. The lowest BCUT2D eigenvalue weighted by Crippen LogP contribution is -1.98. The Morgan fingerprint density at radius 2 is 2.05 bits per heavy atom. The van der Waals surface area contributed by atoms with E-state index in [0.29, 0.717) is 15.1 Å². The second-order valence-corrected chi connectivity index (χ2v) is 7.13. The molecule has 0 saturated heterocycles. The van der Waals surface area contributed by atoms with Crippen LogP contribution in [0.5, 0.6) is 0 Å². The van der Waals surface area contributed by atoms with Crippen molar-refractivity contribution in [2.24, 2.45) is 0 Å². The topological polar surface area (TPSA) is 63.1 Å². The molecule has 2 heterocycles. The third-order valence-corrected chi connectivity index (χ3v) is 5.65. The van der Waals surface area contributed by atoms with Crippen LogP contribution >= 0.6 is 46.3 Å². The number of hydrogen-bond donors (Lipinski definition) is 1. The van der Waals surface area contributed by atoms with E-state index in [1.165, 1.54) is 29.4 Å². The quantitative estimate of drug-likeness (QED) is 0.525. The van der Waals surface area contributed by atoms with Gasteiger partial charge < -0.3 is 5.11 Å². The highest BCUT2D eigenvalue weighted by atomic mass is 35.5. The number of carbonyl (C=O) groups is 1. The van der Waals surface area contributed by atoms with Crippen LogP contribution in [-0.4, -0.2) is 26.8 Å². The summed E-state index contributed by atoms with van der Waals surface area (Å²) in [4.78, 5) is 20.9. The van der Waals surface area contributed by atoms with Crippen molar-refractivity contribution in [1.29, 1.82) is 0 Å². The van der Waals surface area contributed by atoms with E-state index in [4.69, 9.17) is 28.3 Å². The van der Waals surface area contributed by atoms with Crippen LogP contribution in [0.1, 0.15) is 0 Å². The molecule has 8 heteroatoms. The molecule has 0 radical (unpaired) electrons. The first-order valence-electron chi connectivity index (χ1n) is 6.09. The summed E-state index contributed by atoms with van der Waals surface area (Å²) in [6.45, 7) is 0. The number of benzene rings is 1. The Labute approximate surface area is 144 Å². The maximum Gasteiger partial charge on any atom is 0.313 e. The Bertz CT molecular complexity index is 867. The maximum absolute atomic E-state index is 10.7. The largest absolute Gasteiger partial charge is 0.481 e. The molecule has 0 aliphatic heterocycles. The zero-order valence-corrected chi connectivity index (χ0v) is 14.1. The van der Waals surface area contributed by atoms with Crippen LogP contribution in [0.4, 0.5) is 0 Å². The van der Waals surface area contributed by atoms with E-state index < -0.39 is 5.97 Å². The van der Waals surface area contributed by atoms with Crippen LogP contribution < -0.4 is 0 Å². The highest BCUT2D eigenvalue weighted by molar-refractivity contribution is 8.00. The monoisotopic (exact) mass is 370 g/mol. The molecule has 0 saturated carbocycles. The van der Waals surface area contributed by atoms with E-state index >= 15 is 0 Å². The molecule has 3 rings (SSSR count). The van der Waals surface area contributed by atoms with Crippen molar-refractivity contribution in [2.75, 3.05) is 5.75 Å². The summed E-state index contributed by atoms with van der Waals surface area (Å²) in [7, 11) is 0. The van der Waals surface area contributed by atoms with E-state index in [9.17, 15) is 4.79 Å². The summed E-state index contributed by atoms with van der Waals surface area (Å²) in [6.07, 6.45) is 1.45. The van der Waals surface area contributed by atoms with Crippen LogP contribution in [0, 0.1) is 0 Å². The molecule has 0 fully saturated rings. The smallest absolute Gasteiger partial charge is 0.313 e. The van der Waals surface area contributed by atoms with Gasteiger partial charge in [-0.05, 0) is 23.8 Å². The Hall–Kier alpha value is -1.34. The van der Waals surface area contributed by atoms with Gasteiger partial charge in [0.15, 0.2) is 0 Å². The molecule has 0 aliphatic rings. The van der Waals surface area contributed by atoms with Gasteiger partial charge >= 0.3 is 5.97 Å². The summed E-state index contributed by atoms with van der Waals surface area (Å²) in [5, 5.41) is 11.3. The van der Waals surface area contributed by atoms with Gasteiger partial charge in [0.1, 0.15) is 16.2 Å². The second-order valence-electron chi connectivity index (χ2n) is 4.32. The third-order valence-electron chi connectivity index (χ3n) is 2.83. The molecule has 0 unspecified atom stereocenters. The number of carboxylic acids is 1. The Kier molecular flexibility index (Phi) is 4.54. The Morgan fingerprint density at radius 3 is 2.77 bits per heavy atom. The number of aliphatic carboxylic acids is 1. The lowest BCUT2D eigenvalue weighted by molar-refractivity contribution is -0.133. The van der Waals surface area contributed by atoms with Gasteiger partial charge in [0.05, 0.1) is 15.8 Å². The number of nitrogens with zero attached hydrogens (tertiary/aromatic N) is 2. The van der Waals surface area contributed by atoms with Gasteiger partial charge in [0.25, 0.3) is 0 Å². The van der Waals surface area contributed by atoms with Crippen molar-refractivity contribution >= 4 is 62.5 Å². The Balaban J connectivity index is 2.03. The highest BCUT2D eigenvalue weighted by Gasteiger charge is 2.12. The highest BCUT2D eigenvalue weighted by Crippen LogP contribution is 2.37. The molecule has 0 amide bonds. The van der Waals surface area contributed by atoms with Gasteiger partial charge in [0.2, 0.25) is 0 Å². The second kappa shape index (κ2) is 6.42. The fourth-order valence-electron chi connectivity index (χ4n) is 1.87.